The average molecular weight is 252 g/mol. The number of esters is 1. The highest BCUT2D eigenvalue weighted by Crippen LogP contribution is 2.54. The topological polar surface area (TPSA) is 44.8 Å². The van der Waals surface area contributed by atoms with E-state index in [4.69, 9.17) is 14.2 Å². The minimum Gasteiger partial charge on any atom is -0.460 e. The zero-order valence-electron chi connectivity index (χ0n) is 11.1. The number of fused-ring (bicyclic) bond motifs is 3. The predicted molar refractivity (Wildman–Crippen MR) is 64.7 cm³/mol. The Kier molecular flexibility index (Phi) is 2.58. The third-order valence-corrected chi connectivity index (χ3v) is 3.90. The summed E-state index contributed by atoms with van der Waals surface area (Å²) in [5, 5.41) is 0. The van der Waals surface area contributed by atoms with Crippen molar-refractivity contribution < 1.29 is 19.0 Å². The van der Waals surface area contributed by atoms with E-state index in [0.29, 0.717) is 13.2 Å². The van der Waals surface area contributed by atoms with E-state index in [1.165, 1.54) is 0 Å². The van der Waals surface area contributed by atoms with Gasteiger partial charge in [0, 0.05) is 12.3 Å². The first-order valence-electron chi connectivity index (χ1n) is 6.60. The lowest BCUT2D eigenvalue weighted by atomic mass is 9.94. The van der Waals surface area contributed by atoms with Crippen LogP contribution in [0.25, 0.3) is 0 Å². The van der Waals surface area contributed by atoms with E-state index < -0.39 is 11.4 Å². The van der Waals surface area contributed by atoms with Crippen LogP contribution in [0.4, 0.5) is 0 Å². The summed E-state index contributed by atoms with van der Waals surface area (Å²) >= 11 is 0. The maximum Gasteiger partial charge on any atom is 0.310 e. The van der Waals surface area contributed by atoms with Crippen molar-refractivity contribution in [2.45, 2.75) is 38.6 Å². The minimum absolute atomic E-state index is 0.0137. The number of hydrogen-bond donors (Lipinski definition) is 0. The first-order chi connectivity index (χ1) is 8.41. The number of ether oxygens (including phenoxy) is 3. The molecule has 0 N–H and O–H groups in total. The summed E-state index contributed by atoms with van der Waals surface area (Å²) in [6.45, 7) is 6.94. The van der Waals surface area contributed by atoms with E-state index in [0.717, 1.165) is 6.42 Å². The van der Waals surface area contributed by atoms with Crippen molar-refractivity contribution in [2.24, 2.45) is 17.8 Å². The predicted octanol–water partition coefficient (Wildman–Crippen LogP) is 1.89. The van der Waals surface area contributed by atoms with E-state index in [9.17, 15) is 4.79 Å². The van der Waals surface area contributed by atoms with Crippen molar-refractivity contribution in [2.75, 3.05) is 13.2 Å². The molecular weight excluding hydrogens is 232 g/mol. The lowest BCUT2D eigenvalue weighted by Crippen LogP contribution is -2.38. The molecule has 4 nitrogen and oxygen atoms in total. The molecule has 1 spiro atoms. The minimum atomic E-state index is -0.555. The van der Waals surface area contributed by atoms with Gasteiger partial charge in [-0.3, -0.25) is 4.79 Å². The monoisotopic (exact) mass is 252 g/mol. The van der Waals surface area contributed by atoms with Crippen LogP contribution in [0.15, 0.2) is 12.2 Å². The van der Waals surface area contributed by atoms with Gasteiger partial charge in [-0.15, -0.1) is 0 Å². The fourth-order valence-electron chi connectivity index (χ4n) is 3.32. The van der Waals surface area contributed by atoms with Crippen molar-refractivity contribution in [3.05, 3.63) is 12.2 Å². The Morgan fingerprint density at radius 3 is 2.56 bits per heavy atom. The van der Waals surface area contributed by atoms with Gasteiger partial charge < -0.3 is 14.2 Å². The van der Waals surface area contributed by atoms with Crippen LogP contribution in [0.2, 0.25) is 0 Å². The second kappa shape index (κ2) is 3.81. The van der Waals surface area contributed by atoms with Gasteiger partial charge in [-0.05, 0) is 26.7 Å². The van der Waals surface area contributed by atoms with Gasteiger partial charge in [0.1, 0.15) is 5.60 Å². The summed E-state index contributed by atoms with van der Waals surface area (Å²) in [6, 6.07) is 0. The lowest BCUT2D eigenvalue weighted by Gasteiger charge is -2.30. The largest absolute Gasteiger partial charge is 0.460 e. The zero-order chi connectivity index (χ0) is 13.0. The number of carbonyl (C=O) groups is 1. The summed E-state index contributed by atoms with van der Waals surface area (Å²) < 4.78 is 17.0. The molecule has 1 saturated carbocycles. The standard InChI is InChI=1S/C14H20O4/c1-13(2,3)18-12(15)11-9-4-5-10(11)14(8-9)16-6-7-17-14/h4-5,9-11H,6-8H2,1-3H3/t9?,10?,11-/m0/s1. The van der Waals surface area contributed by atoms with Crippen LogP contribution in [-0.2, 0) is 19.0 Å². The lowest BCUT2D eigenvalue weighted by molar-refractivity contribution is -0.184. The molecule has 2 aliphatic carbocycles. The van der Waals surface area contributed by atoms with Crippen LogP contribution < -0.4 is 0 Å². The Morgan fingerprint density at radius 1 is 1.28 bits per heavy atom. The first-order valence-corrected chi connectivity index (χ1v) is 6.60. The molecule has 18 heavy (non-hydrogen) atoms. The molecule has 0 aromatic rings. The van der Waals surface area contributed by atoms with Crippen molar-refractivity contribution >= 4 is 5.97 Å². The highest BCUT2D eigenvalue weighted by atomic mass is 16.7. The Bertz CT molecular complexity index is 387. The molecule has 1 heterocycles. The van der Waals surface area contributed by atoms with E-state index in [1.807, 2.05) is 20.8 Å². The molecule has 2 bridgehead atoms. The van der Waals surface area contributed by atoms with E-state index >= 15 is 0 Å². The van der Waals surface area contributed by atoms with Gasteiger partial charge in [0.25, 0.3) is 0 Å². The molecule has 2 unspecified atom stereocenters. The van der Waals surface area contributed by atoms with Crippen LogP contribution in [-0.4, -0.2) is 30.6 Å². The fourth-order valence-corrected chi connectivity index (χ4v) is 3.32. The molecule has 2 fully saturated rings. The quantitative estimate of drug-likeness (QED) is 0.528. The van der Waals surface area contributed by atoms with E-state index in [-0.39, 0.29) is 23.7 Å². The third kappa shape index (κ3) is 1.79. The van der Waals surface area contributed by atoms with Gasteiger partial charge in [0.15, 0.2) is 5.79 Å². The smallest absolute Gasteiger partial charge is 0.310 e. The van der Waals surface area contributed by atoms with Crippen molar-refractivity contribution in [1.82, 2.24) is 0 Å². The highest BCUT2D eigenvalue weighted by Gasteiger charge is 2.61. The summed E-state index contributed by atoms with van der Waals surface area (Å²) in [6.07, 6.45) is 4.95. The molecule has 0 aromatic heterocycles. The van der Waals surface area contributed by atoms with E-state index in [1.54, 1.807) is 0 Å². The van der Waals surface area contributed by atoms with Gasteiger partial charge in [0.05, 0.1) is 19.1 Å². The maximum atomic E-state index is 12.3. The van der Waals surface area contributed by atoms with Crippen LogP contribution in [0.3, 0.4) is 0 Å². The molecule has 3 rings (SSSR count). The average Bonchev–Trinajstić information content (AvgIpc) is 2.89. The summed E-state index contributed by atoms with van der Waals surface area (Å²) in [5.41, 5.74) is -0.441. The van der Waals surface area contributed by atoms with Crippen molar-refractivity contribution in [1.29, 1.82) is 0 Å². The molecule has 1 aliphatic heterocycles. The van der Waals surface area contributed by atoms with Crippen LogP contribution in [0, 0.1) is 17.8 Å². The van der Waals surface area contributed by atoms with Crippen molar-refractivity contribution in [3.8, 4) is 0 Å². The molecular formula is C14H20O4. The number of carbonyl (C=O) groups excluding carboxylic acids is 1. The molecule has 4 heteroatoms. The maximum absolute atomic E-state index is 12.3. The molecule has 3 atom stereocenters. The Labute approximate surface area is 107 Å². The molecule has 3 aliphatic rings. The van der Waals surface area contributed by atoms with Gasteiger partial charge in [-0.25, -0.2) is 0 Å². The van der Waals surface area contributed by atoms with Crippen LogP contribution >= 0.6 is 0 Å². The zero-order valence-corrected chi connectivity index (χ0v) is 11.1. The summed E-state index contributed by atoms with van der Waals surface area (Å²) in [4.78, 5) is 12.3. The molecule has 0 radical (unpaired) electrons. The number of hydrogen-bond acceptors (Lipinski definition) is 4. The SMILES string of the molecule is CC(C)(C)OC(=O)[C@H]1C2C=CC1C1(C2)OCCO1. The van der Waals surface area contributed by atoms with E-state index in [2.05, 4.69) is 12.2 Å². The Balaban J connectivity index is 1.78. The van der Waals surface area contributed by atoms with Gasteiger partial charge in [-0.2, -0.15) is 0 Å². The normalized spacial score (nSPS) is 36.5. The Hall–Kier alpha value is -0.870. The van der Waals surface area contributed by atoms with Gasteiger partial charge >= 0.3 is 5.97 Å². The number of rotatable bonds is 1. The first kappa shape index (κ1) is 12.2. The highest BCUT2D eigenvalue weighted by molar-refractivity contribution is 5.76. The Morgan fingerprint density at radius 2 is 1.94 bits per heavy atom. The fraction of sp³-hybridized carbons (Fsp3) is 0.786. The molecule has 100 valence electrons. The molecule has 0 aromatic carbocycles. The molecule has 1 saturated heterocycles. The van der Waals surface area contributed by atoms with Gasteiger partial charge in [-0.1, -0.05) is 12.2 Å². The van der Waals surface area contributed by atoms with Crippen LogP contribution in [0.1, 0.15) is 27.2 Å². The number of allylic oxidation sites excluding steroid dienone is 1. The van der Waals surface area contributed by atoms with Crippen molar-refractivity contribution in [3.63, 3.8) is 0 Å². The van der Waals surface area contributed by atoms with Gasteiger partial charge in [0.2, 0.25) is 0 Å². The third-order valence-electron chi connectivity index (χ3n) is 3.90. The second-order valence-electron chi connectivity index (χ2n) is 6.35. The summed E-state index contributed by atoms with van der Waals surface area (Å²) in [7, 11) is 0. The second-order valence-corrected chi connectivity index (χ2v) is 6.35. The molecule has 0 amide bonds. The van der Waals surface area contributed by atoms with Crippen LogP contribution in [0.5, 0.6) is 0 Å². The summed E-state index contributed by atoms with van der Waals surface area (Å²) in [5.74, 6) is -0.607.